The highest BCUT2D eigenvalue weighted by atomic mass is 16.5. The van der Waals surface area contributed by atoms with Gasteiger partial charge in [-0.3, -0.25) is 0 Å². The summed E-state index contributed by atoms with van der Waals surface area (Å²) in [6.45, 7) is 15.4. The van der Waals surface area contributed by atoms with Gasteiger partial charge in [-0.15, -0.1) is 0 Å². The van der Waals surface area contributed by atoms with Crippen LogP contribution in [0.15, 0.2) is 72.5 Å². The topological polar surface area (TPSA) is 12.5 Å². The van der Waals surface area contributed by atoms with Gasteiger partial charge >= 0.3 is 0 Å². The summed E-state index contributed by atoms with van der Waals surface area (Å²) in [5.41, 5.74) is -1.54. The lowest BCUT2D eigenvalue weighted by Gasteiger charge is -2.57. The van der Waals surface area contributed by atoms with Crippen LogP contribution < -0.4 is 26.0 Å². The zero-order valence-corrected chi connectivity index (χ0v) is 30.4. The molecule has 4 fully saturated rings. The van der Waals surface area contributed by atoms with Gasteiger partial charge in [-0.05, 0) is 153 Å². The number of anilines is 3. The van der Waals surface area contributed by atoms with Crippen molar-refractivity contribution in [1.29, 1.82) is 0 Å². The van der Waals surface area contributed by atoms with Crippen molar-refractivity contribution in [3.63, 3.8) is 0 Å². The average molecular weight is 660 g/mol. The number of nitrogens with zero attached hydrogens (tertiary/aromatic N) is 1. The average Bonchev–Trinajstić information content (AvgIpc) is 3.11. The van der Waals surface area contributed by atoms with Crippen molar-refractivity contribution < 1.29 is 21.2 Å². The minimum absolute atomic E-state index is 0.0143. The highest BCUT2D eigenvalue weighted by Gasteiger charge is 2.53. The van der Waals surface area contributed by atoms with E-state index in [1.165, 1.54) is 4.90 Å². The maximum atomic E-state index is 10.5. The molecule has 4 aromatic carbocycles. The molecule has 4 saturated carbocycles. The molecular formula is C46H54BNO. The summed E-state index contributed by atoms with van der Waals surface area (Å²) < 4.78 is 124. The molecule has 0 atom stereocenters. The maximum Gasteiger partial charge on any atom is 0.256 e. The van der Waals surface area contributed by atoms with Crippen molar-refractivity contribution in [3.8, 4) is 11.5 Å². The van der Waals surface area contributed by atoms with E-state index in [2.05, 4.69) is 0 Å². The minimum Gasteiger partial charge on any atom is -0.458 e. The van der Waals surface area contributed by atoms with Crippen LogP contribution in [0.1, 0.15) is 140 Å². The van der Waals surface area contributed by atoms with Crippen molar-refractivity contribution in [1.82, 2.24) is 0 Å². The largest absolute Gasteiger partial charge is 0.458 e. The van der Waals surface area contributed by atoms with Gasteiger partial charge in [0, 0.05) is 17.1 Å². The second-order valence-electron chi connectivity index (χ2n) is 18.8. The Kier molecular flexibility index (Phi) is 4.42. The van der Waals surface area contributed by atoms with Crippen LogP contribution in [0.2, 0.25) is 0 Å². The Labute approximate surface area is 312 Å². The monoisotopic (exact) mass is 660 g/mol. The Hall–Kier alpha value is -3.46. The van der Waals surface area contributed by atoms with Gasteiger partial charge in [0.2, 0.25) is 0 Å². The fraction of sp³-hybridized carbons (Fsp3) is 0.478. The Bertz CT molecular complexity index is 2590. The molecule has 4 bridgehead atoms. The van der Waals surface area contributed by atoms with Crippen LogP contribution in [0.25, 0.3) is 0 Å². The molecule has 0 unspecified atom stereocenters. The summed E-state index contributed by atoms with van der Waals surface area (Å²) in [4.78, 5) is 1.40. The van der Waals surface area contributed by atoms with E-state index in [0.29, 0.717) is 23.3 Å². The third kappa shape index (κ3) is 4.96. The van der Waals surface area contributed by atoms with Gasteiger partial charge in [0.1, 0.15) is 11.5 Å². The summed E-state index contributed by atoms with van der Waals surface area (Å²) >= 11 is 0. The third-order valence-electron chi connectivity index (χ3n) is 11.8. The third-order valence-corrected chi connectivity index (χ3v) is 11.8. The molecule has 49 heavy (non-hydrogen) atoms. The van der Waals surface area contributed by atoms with Crippen molar-refractivity contribution in [3.05, 3.63) is 94.8 Å². The van der Waals surface area contributed by atoms with E-state index in [1.54, 1.807) is 0 Å². The van der Waals surface area contributed by atoms with Crippen LogP contribution in [-0.4, -0.2) is 6.71 Å². The number of hydrogen-bond donors (Lipinski definition) is 0. The van der Waals surface area contributed by atoms with Crippen molar-refractivity contribution in [2.24, 2.45) is 17.8 Å². The Morgan fingerprint density at radius 2 is 1.14 bits per heavy atom. The van der Waals surface area contributed by atoms with Crippen molar-refractivity contribution >= 4 is 40.2 Å². The number of rotatable bonds is 2. The number of benzene rings is 4. The van der Waals surface area contributed by atoms with Crippen LogP contribution in [0, 0.1) is 17.8 Å². The standard InChI is InChI=1S/C46H54BNO/c1-43(2,3)31-10-14-35(15-11-31)48-38-16-12-32(44(4,5)6)21-36(38)47-37-22-33(45(7,8)9)13-17-40(37)49-41-24-34(23-39(48)42(41)47)46-25-28-18-29(26-46)20-30(19-28)27-46/h10-17,21-24,28-30H,18-20,25-27H2,1-9H3/i10D,11D,12D,13D,14D,15D,16D,17D,21D,22D,23D,24D. The van der Waals surface area contributed by atoms with Crippen molar-refractivity contribution in [2.75, 3.05) is 4.90 Å². The van der Waals surface area contributed by atoms with E-state index in [9.17, 15) is 16.4 Å². The van der Waals surface area contributed by atoms with Gasteiger partial charge in [0.25, 0.3) is 6.71 Å². The Morgan fingerprint density at radius 1 is 0.612 bits per heavy atom. The number of fused-ring (bicyclic) bond motifs is 4. The lowest BCUT2D eigenvalue weighted by atomic mass is 9.33. The Balaban J connectivity index is 1.52. The van der Waals surface area contributed by atoms with E-state index in [0.717, 1.165) is 38.5 Å². The van der Waals surface area contributed by atoms with Gasteiger partial charge in [-0.25, -0.2) is 0 Å². The number of ether oxygens (including phenoxy) is 1. The second-order valence-corrected chi connectivity index (χ2v) is 18.8. The summed E-state index contributed by atoms with van der Waals surface area (Å²) in [7, 11) is 0. The molecule has 3 heteroatoms. The first-order chi connectivity index (χ1) is 28.1. The summed E-state index contributed by atoms with van der Waals surface area (Å²) in [5.74, 6) is 1.19. The molecule has 0 N–H and O–H groups in total. The number of hydrogen-bond acceptors (Lipinski definition) is 2. The van der Waals surface area contributed by atoms with E-state index in [-0.39, 0.29) is 122 Å². The van der Waals surface area contributed by atoms with Crippen LogP contribution in [0.3, 0.4) is 0 Å². The molecule has 4 aromatic rings. The first-order valence-electron chi connectivity index (χ1n) is 24.2. The molecule has 2 heterocycles. The minimum atomic E-state index is -1.18. The van der Waals surface area contributed by atoms with Gasteiger partial charge in [-0.1, -0.05) is 98.6 Å². The molecule has 0 aromatic heterocycles. The highest BCUT2D eigenvalue weighted by Crippen LogP contribution is 2.61. The van der Waals surface area contributed by atoms with E-state index in [4.69, 9.17) is 4.74 Å². The molecule has 2 nitrogen and oxygen atoms in total. The molecule has 10 rings (SSSR count). The van der Waals surface area contributed by atoms with E-state index >= 15 is 0 Å². The molecule has 0 saturated heterocycles. The summed E-state index contributed by atoms with van der Waals surface area (Å²) in [6, 6.07) is -2.77. The van der Waals surface area contributed by atoms with Gasteiger partial charge in [0.05, 0.1) is 16.4 Å². The highest BCUT2D eigenvalue weighted by molar-refractivity contribution is 6.99. The molecular weight excluding hydrogens is 593 g/mol. The lowest BCUT2D eigenvalue weighted by Crippen LogP contribution is -2.60. The SMILES string of the molecule is [2H]c1c([2H])c(C(C)(C)C)c([2H])c2c1Oc1c([2H])c(C34CC5CC(CC(C5)C3)C4)c([2H])c3c1B2c1c([2H])c(C(C)(C)C)c([2H])c([2H])c1N3c1c([2H])c([2H])c(C(C)(C)C)c([2H])c1[2H]. The first-order valence-corrected chi connectivity index (χ1v) is 18.2. The van der Waals surface area contributed by atoms with Crippen LogP contribution in [0.5, 0.6) is 11.5 Å². The van der Waals surface area contributed by atoms with Crippen LogP contribution in [0.4, 0.5) is 17.1 Å². The zero-order chi connectivity index (χ0) is 44.7. The molecule has 0 spiro atoms. The fourth-order valence-corrected chi connectivity index (χ4v) is 9.62. The van der Waals surface area contributed by atoms with E-state index in [1.807, 2.05) is 62.3 Å². The lowest BCUT2D eigenvalue weighted by molar-refractivity contribution is -0.00522. The molecule has 252 valence electrons. The van der Waals surface area contributed by atoms with Gasteiger partial charge in [0.15, 0.2) is 0 Å². The fourth-order valence-electron chi connectivity index (χ4n) is 9.62. The van der Waals surface area contributed by atoms with E-state index < -0.39 is 40.5 Å². The normalized spacial score (nSPS) is 28.6. The van der Waals surface area contributed by atoms with Crippen molar-refractivity contribution in [2.45, 2.75) is 122 Å². The first kappa shape index (κ1) is 21.0. The molecule has 4 aliphatic carbocycles. The Morgan fingerprint density at radius 3 is 1.71 bits per heavy atom. The predicted molar refractivity (Wildman–Crippen MR) is 208 cm³/mol. The quantitative estimate of drug-likeness (QED) is 0.172. The summed E-state index contributed by atoms with van der Waals surface area (Å²) in [6.07, 6.45) is 5.60. The molecule has 6 aliphatic rings. The zero-order valence-electron chi connectivity index (χ0n) is 42.4. The van der Waals surface area contributed by atoms with Crippen LogP contribution >= 0.6 is 0 Å². The van der Waals surface area contributed by atoms with Crippen LogP contribution in [-0.2, 0) is 21.7 Å². The second kappa shape index (κ2) is 10.3. The predicted octanol–water partition coefficient (Wildman–Crippen LogP) is 10.5. The molecule has 2 aliphatic heterocycles. The maximum absolute atomic E-state index is 10.5. The van der Waals surface area contributed by atoms with Gasteiger partial charge < -0.3 is 9.64 Å². The molecule has 0 amide bonds. The molecule has 0 radical (unpaired) electrons. The summed E-state index contributed by atoms with van der Waals surface area (Å²) in [5, 5.41) is 0. The van der Waals surface area contributed by atoms with Gasteiger partial charge in [-0.2, -0.15) is 0 Å². The smallest absolute Gasteiger partial charge is 0.256 e.